The minimum atomic E-state index is -1.80. The molecule has 3 aromatic rings. The lowest BCUT2D eigenvalue weighted by Crippen LogP contribution is -2.55. The van der Waals surface area contributed by atoms with Crippen LogP contribution in [0.5, 0.6) is 0 Å². The zero-order valence-electron chi connectivity index (χ0n) is 21.7. The molecule has 8 nitrogen and oxygen atoms in total. The molecular formula is C31H30O8. The van der Waals surface area contributed by atoms with Crippen molar-refractivity contribution in [3.8, 4) is 0 Å². The fourth-order valence-electron chi connectivity index (χ4n) is 5.01. The first-order valence-electron chi connectivity index (χ1n) is 12.6. The summed E-state index contributed by atoms with van der Waals surface area (Å²) in [5.41, 5.74) is 0.335. The standard InChI is InChI=1S/C31H30O8/c1-31(36)17-24(32)26(29(34)38-18-20-9-5-3-6-10-20)25(22-13-15-23(16-14-22)28(33)37-2)27(31)30(35)39-19-21-11-7-4-8-12-21/h3-16,25-27,36H,17-19H2,1-2H3. The highest BCUT2D eigenvalue weighted by Crippen LogP contribution is 2.47. The smallest absolute Gasteiger partial charge is 0.337 e. The normalized spacial score (nSPS) is 22.5. The Morgan fingerprint density at radius 2 is 1.33 bits per heavy atom. The van der Waals surface area contributed by atoms with E-state index in [9.17, 15) is 24.3 Å². The maximum Gasteiger partial charge on any atom is 0.337 e. The number of ketones is 1. The first-order chi connectivity index (χ1) is 18.7. The molecule has 1 N–H and O–H groups in total. The van der Waals surface area contributed by atoms with Crippen molar-refractivity contribution in [1.82, 2.24) is 0 Å². The number of carbonyl (C=O) groups is 4. The summed E-state index contributed by atoms with van der Waals surface area (Å²) in [6, 6.07) is 24.1. The van der Waals surface area contributed by atoms with Crippen LogP contribution >= 0.6 is 0 Å². The van der Waals surface area contributed by atoms with Gasteiger partial charge in [-0.3, -0.25) is 14.4 Å². The minimum Gasteiger partial charge on any atom is -0.465 e. The fourth-order valence-corrected chi connectivity index (χ4v) is 5.01. The van der Waals surface area contributed by atoms with Crippen molar-refractivity contribution in [2.75, 3.05) is 7.11 Å². The van der Waals surface area contributed by atoms with E-state index in [-0.39, 0.29) is 18.8 Å². The van der Waals surface area contributed by atoms with Gasteiger partial charge in [0, 0.05) is 12.3 Å². The molecule has 1 aliphatic rings. The molecule has 1 aliphatic carbocycles. The summed E-state index contributed by atoms with van der Waals surface area (Å²) in [7, 11) is 1.25. The Bertz CT molecular complexity index is 1320. The van der Waals surface area contributed by atoms with Crippen molar-refractivity contribution in [2.45, 2.75) is 38.1 Å². The van der Waals surface area contributed by atoms with Gasteiger partial charge in [-0.2, -0.15) is 0 Å². The number of methoxy groups -OCH3 is 1. The molecule has 0 spiro atoms. The molecule has 3 aromatic carbocycles. The van der Waals surface area contributed by atoms with E-state index in [2.05, 4.69) is 0 Å². The van der Waals surface area contributed by atoms with Gasteiger partial charge in [0.25, 0.3) is 0 Å². The second-order valence-corrected chi connectivity index (χ2v) is 9.78. The lowest BCUT2D eigenvalue weighted by molar-refractivity contribution is -0.174. The van der Waals surface area contributed by atoms with Crippen LogP contribution in [-0.4, -0.2) is 41.5 Å². The topological polar surface area (TPSA) is 116 Å². The number of aliphatic hydroxyl groups is 1. The van der Waals surface area contributed by atoms with Crippen molar-refractivity contribution < 1.29 is 38.5 Å². The van der Waals surface area contributed by atoms with E-state index in [1.165, 1.54) is 26.2 Å². The first kappa shape index (κ1) is 27.7. The third-order valence-electron chi connectivity index (χ3n) is 6.94. The van der Waals surface area contributed by atoms with Crippen LogP contribution in [0.15, 0.2) is 84.9 Å². The Labute approximate surface area is 226 Å². The lowest BCUT2D eigenvalue weighted by Gasteiger charge is -2.43. The summed E-state index contributed by atoms with van der Waals surface area (Å²) in [5, 5.41) is 11.3. The van der Waals surface area contributed by atoms with Crippen molar-refractivity contribution >= 4 is 23.7 Å². The Morgan fingerprint density at radius 1 is 0.821 bits per heavy atom. The summed E-state index contributed by atoms with van der Waals surface area (Å²) < 4.78 is 15.9. The maximum absolute atomic E-state index is 13.5. The van der Waals surface area contributed by atoms with Crippen LogP contribution in [0.3, 0.4) is 0 Å². The zero-order chi connectivity index (χ0) is 28.0. The Balaban J connectivity index is 1.69. The molecule has 1 fully saturated rings. The summed E-state index contributed by atoms with van der Waals surface area (Å²) in [6.07, 6.45) is -0.431. The van der Waals surface area contributed by atoms with Gasteiger partial charge < -0.3 is 19.3 Å². The molecule has 1 saturated carbocycles. The van der Waals surface area contributed by atoms with Crippen molar-refractivity contribution in [3.05, 3.63) is 107 Å². The Morgan fingerprint density at radius 3 is 1.85 bits per heavy atom. The monoisotopic (exact) mass is 530 g/mol. The Hall–Kier alpha value is -4.30. The number of esters is 3. The van der Waals surface area contributed by atoms with Gasteiger partial charge in [-0.05, 0) is 35.7 Å². The molecule has 4 unspecified atom stereocenters. The van der Waals surface area contributed by atoms with E-state index in [0.717, 1.165) is 11.1 Å². The number of hydrogen-bond donors (Lipinski definition) is 1. The molecule has 4 atom stereocenters. The summed E-state index contributed by atoms with van der Waals surface area (Å²) in [6.45, 7) is 1.29. The molecule has 4 rings (SSSR count). The molecule has 0 aliphatic heterocycles. The van der Waals surface area contributed by atoms with Crippen molar-refractivity contribution in [3.63, 3.8) is 0 Å². The largest absolute Gasteiger partial charge is 0.465 e. The van der Waals surface area contributed by atoms with E-state index in [1.54, 1.807) is 48.5 Å². The quantitative estimate of drug-likeness (QED) is 0.264. The average Bonchev–Trinajstić information content (AvgIpc) is 2.94. The van der Waals surface area contributed by atoms with Gasteiger partial charge in [0.2, 0.25) is 0 Å². The number of rotatable bonds is 8. The van der Waals surface area contributed by atoms with E-state index >= 15 is 0 Å². The summed E-state index contributed by atoms with van der Waals surface area (Å²) >= 11 is 0. The lowest BCUT2D eigenvalue weighted by atomic mass is 9.61. The highest BCUT2D eigenvalue weighted by atomic mass is 16.5. The predicted octanol–water partition coefficient (Wildman–Crippen LogP) is 4.00. The molecule has 0 saturated heterocycles. The fraction of sp³-hybridized carbons (Fsp3) is 0.290. The first-order valence-corrected chi connectivity index (χ1v) is 12.6. The van der Waals surface area contributed by atoms with Crippen LogP contribution in [0.4, 0.5) is 0 Å². The molecular weight excluding hydrogens is 500 g/mol. The highest BCUT2D eigenvalue weighted by Gasteiger charge is 2.57. The zero-order valence-corrected chi connectivity index (χ0v) is 21.7. The van der Waals surface area contributed by atoms with Gasteiger partial charge in [0.15, 0.2) is 5.78 Å². The maximum atomic E-state index is 13.5. The van der Waals surface area contributed by atoms with Gasteiger partial charge >= 0.3 is 17.9 Å². The summed E-state index contributed by atoms with van der Waals surface area (Å²) in [4.78, 5) is 52.2. The average molecular weight is 531 g/mol. The number of carbonyl (C=O) groups excluding carboxylic acids is 4. The van der Waals surface area contributed by atoms with Crippen molar-refractivity contribution in [2.24, 2.45) is 11.8 Å². The minimum absolute atomic E-state index is 0.0443. The van der Waals surface area contributed by atoms with Gasteiger partial charge in [0.1, 0.15) is 19.1 Å². The predicted molar refractivity (Wildman–Crippen MR) is 140 cm³/mol. The molecule has 202 valence electrons. The van der Waals surface area contributed by atoms with E-state index in [0.29, 0.717) is 5.56 Å². The molecule has 8 heteroatoms. The molecule has 0 radical (unpaired) electrons. The molecule has 0 amide bonds. The van der Waals surface area contributed by atoms with Crippen LogP contribution in [0.2, 0.25) is 0 Å². The van der Waals surface area contributed by atoms with Gasteiger partial charge in [0.05, 0.1) is 24.2 Å². The summed E-state index contributed by atoms with van der Waals surface area (Å²) in [5.74, 6) is -6.40. The van der Waals surface area contributed by atoms with Gasteiger partial charge in [-0.25, -0.2) is 4.79 Å². The molecule has 39 heavy (non-hydrogen) atoms. The van der Waals surface area contributed by atoms with E-state index in [1.807, 2.05) is 24.3 Å². The number of benzene rings is 3. The van der Waals surface area contributed by atoms with Crippen LogP contribution in [0.25, 0.3) is 0 Å². The van der Waals surface area contributed by atoms with Crippen LogP contribution in [0.1, 0.15) is 46.3 Å². The third-order valence-corrected chi connectivity index (χ3v) is 6.94. The van der Waals surface area contributed by atoms with Crippen LogP contribution in [-0.2, 0) is 41.8 Å². The molecule has 0 heterocycles. The molecule has 0 bridgehead atoms. The second-order valence-electron chi connectivity index (χ2n) is 9.78. The highest BCUT2D eigenvalue weighted by molar-refractivity contribution is 6.03. The second kappa shape index (κ2) is 12.0. The van der Waals surface area contributed by atoms with Gasteiger partial charge in [-0.15, -0.1) is 0 Å². The Kier molecular flexibility index (Phi) is 8.56. The van der Waals surface area contributed by atoms with Crippen molar-refractivity contribution in [1.29, 1.82) is 0 Å². The third kappa shape index (κ3) is 6.41. The molecule has 0 aromatic heterocycles. The van der Waals surface area contributed by atoms with Crippen LogP contribution < -0.4 is 0 Å². The van der Waals surface area contributed by atoms with E-state index < -0.39 is 53.5 Å². The van der Waals surface area contributed by atoms with Crippen LogP contribution in [0, 0.1) is 11.8 Å². The number of ether oxygens (including phenoxy) is 3. The van der Waals surface area contributed by atoms with Gasteiger partial charge in [-0.1, -0.05) is 72.8 Å². The number of hydrogen-bond acceptors (Lipinski definition) is 8. The SMILES string of the molecule is COC(=O)c1ccc(C2C(C(=O)OCc3ccccc3)C(=O)CC(C)(O)C2C(=O)OCc2ccccc2)cc1. The number of Topliss-reactive ketones (excluding diaryl/α,β-unsaturated/α-hetero) is 1. The van der Waals surface area contributed by atoms with E-state index in [4.69, 9.17) is 14.2 Å².